The van der Waals surface area contributed by atoms with Crippen LogP contribution in [0.1, 0.15) is 22.3 Å². The number of amides is 1. The van der Waals surface area contributed by atoms with E-state index in [0.29, 0.717) is 43.3 Å². The number of nitrogens with zero attached hydrogens (tertiary/aromatic N) is 2. The predicted molar refractivity (Wildman–Crippen MR) is 120 cm³/mol. The first-order valence-corrected chi connectivity index (χ1v) is 12.2. The van der Waals surface area contributed by atoms with E-state index in [1.165, 1.54) is 9.87 Å². The van der Waals surface area contributed by atoms with Crippen molar-refractivity contribution < 1.29 is 13.2 Å². The molecule has 3 rings (SSSR count). The Morgan fingerprint density at radius 1 is 1.00 bits per heavy atom. The van der Waals surface area contributed by atoms with Gasteiger partial charge >= 0.3 is 0 Å². The summed E-state index contributed by atoms with van der Waals surface area (Å²) >= 11 is 5.94. The smallest absolute Gasteiger partial charge is 0.253 e. The van der Waals surface area contributed by atoms with Crippen LogP contribution in [0.4, 0.5) is 0 Å². The number of piperazine rings is 1. The highest BCUT2D eigenvalue weighted by Gasteiger charge is 2.25. The van der Waals surface area contributed by atoms with Crippen LogP contribution in [0.15, 0.2) is 54.6 Å². The van der Waals surface area contributed by atoms with E-state index >= 15 is 0 Å². The molecular formula is C22H28ClN3O3S. The molecule has 8 heteroatoms. The van der Waals surface area contributed by atoms with Crippen LogP contribution in [-0.2, 0) is 16.4 Å². The topological polar surface area (TPSA) is 69.7 Å². The highest BCUT2D eigenvalue weighted by atomic mass is 35.5. The summed E-state index contributed by atoms with van der Waals surface area (Å²) in [6.07, 6.45) is 1.59. The lowest BCUT2D eigenvalue weighted by molar-refractivity contribution is 0.0763. The van der Waals surface area contributed by atoms with Crippen LogP contribution in [-0.4, -0.2) is 68.6 Å². The molecule has 162 valence electrons. The van der Waals surface area contributed by atoms with Crippen LogP contribution in [0.5, 0.6) is 0 Å². The number of rotatable bonds is 9. The Morgan fingerprint density at radius 3 is 2.33 bits per heavy atom. The zero-order valence-electron chi connectivity index (χ0n) is 17.0. The molecule has 0 unspecified atom stereocenters. The fourth-order valence-electron chi connectivity index (χ4n) is 3.49. The number of nitrogens with one attached hydrogen (secondary N) is 1. The number of hydrogen-bond acceptors (Lipinski definition) is 4. The molecular weight excluding hydrogens is 422 g/mol. The van der Waals surface area contributed by atoms with Gasteiger partial charge in [-0.3, -0.25) is 4.79 Å². The van der Waals surface area contributed by atoms with Gasteiger partial charge in [0.05, 0.1) is 5.75 Å². The van der Waals surface area contributed by atoms with Gasteiger partial charge in [0.15, 0.2) is 0 Å². The molecule has 2 aromatic rings. The predicted octanol–water partition coefficient (Wildman–Crippen LogP) is 2.65. The van der Waals surface area contributed by atoms with E-state index in [2.05, 4.69) is 17.4 Å². The molecule has 0 spiro atoms. The van der Waals surface area contributed by atoms with E-state index in [9.17, 15) is 13.2 Å². The van der Waals surface area contributed by atoms with E-state index in [-0.39, 0.29) is 18.2 Å². The summed E-state index contributed by atoms with van der Waals surface area (Å²) in [5.74, 6) is -0.243. The lowest BCUT2D eigenvalue weighted by Crippen LogP contribution is -2.48. The molecule has 1 aliphatic heterocycles. The monoisotopic (exact) mass is 449 g/mol. The van der Waals surface area contributed by atoms with Gasteiger partial charge in [-0.1, -0.05) is 41.9 Å². The normalized spacial score (nSPS) is 15.1. The molecule has 0 aromatic heterocycles. The summed E-state index contributed by atoms with van der Waals surface area (Å²) in [5, 5.41) is 3.72. The minimum absolute atomic E-state index is 0.0718. The Labute approximate surface area is 183 Å². The van der Waals surface area contributed by atoms with E-state index in [4.69, 9.17) is 11.6 Å². The molecule has 0 aliphatic carbocycles. The average Bonchev–Trinajstić information content (AvgIpc) is 2.77. The van der Waals surface area contributed by atoms with Crippen molar-refractivity contribution in [2.45, 2.75) is 12.8 Å². The van der Waals surface area contributed by atoms with Crippen LogP contribution in [0.2, 0.25) is 5.02 Å². The van der Waals surface area contributed by atoms with Crippen molar-refractivity contribution in [3.8, 4) is 0 Å². The van der Waals surface area contributed by atoms with Crippen LogP contribution in [0, 0.1) is 0 Å². The highest BCUT2D eigenvalue weighted by Crippen LogP contribution is 2.14. The zero-order valence-corrected chi connectivity index (χ0v) is 18.5. The van der Waals surface area contributed by atoms with E-state index in [1.807, 2.05) is 18.2 Å². The fourth-order valence-corrected chi connectivity index (χ4v) is 5.06. The van der Waals surface area contributed by atoms with Crippen molar-refractivity contribution in [2.24, 2.45) is 0 Å². The number of halogens is 1. The summed E-state index contributed by atoms with van der Waals surface area (Å²) < 4.78 is 27.0. The standard InChI is InChI=1S/C22H28ClN3O3S/c23-21-10-8-20(9-11-21)22(27)25(14-4-7-19-5-2-1-3-6-19)17-18-30(28,29)26-15-12-24-13-16-26/h1-3,5-6,8-11,24H,4,7,12-18H2. The van der Waals surface area contributed by atoms with Gasteiger partial charge in [0.2, 0.25) is 10.0 Å². The van der Waals surface area contributed by atoms with Gasteiger partial charge in [0.25, 0.3) is 5.91 Å². The van der Waals surface area contributed by atoms with Gasteiger partial charge in [-0.05, 0) is 42.7 Å². The summed E-state index contributed by atoms with van der Waals surface area (Å²) in [4.78, 5) is 14.7. The van der Waals surface area contributed by atoms with E-state index < -0.39 is 10.0 Å². The van der Waals surface area contributed by atoms with Crippen molar-refractivity contribution in [1.82, 2.24) is 14.5 Å². The van der Waals surface area contributed by atoms with E-state index in [0.717, 1.165) is 12.8 Å². The third kappa shape index (κ3) is 6.54. The third-order valence-corrected chi connectivity index (χ3v) is 7.31. The minimum atomic E-state index is -3.40. The third-order valence-electron chi connectivity index (χ3n) is 5.20. The molecule has 0 saturated carbocycles. The van der Waals surface area contributed by atoms with Gasteiger partial charge in [0, 0.05) is 49.9 Å². The first-order chi connectivity index (χ1) is 14.5. The van der Waals surface area contributed by atoms with Gasteiger partial charge in [-0.2, -0.15) is 4.31 Å². The summed E-state index contributed by atoms with van der Waals surface area (Å²) in [7, 11) is -3.40. The lowest BCUT2D eigenvalue weighted by Gasteiger charge is -2.28. The maximum atomic E-state index is 13.1. The van der Waals surface area contributed by atoms with Crippen molar-refractivity contribution in [3.05, 3.63) is 70.7 Å². The second kappa shape index (κ2) is 10.9. The summed E-state index contributed by atoms with van der Waals surface area (Å²) in [5.41, 5.74) is 1.71. The minimum Gasteiger partial charge on any atom is -0.338 e. The molecule has 6 nitrogen and oxygen atoms in total. The number of carbonyl (C=O) groups is 1. The molecule has 30 heavy (non-hydrogen) atoms. The van der Waals surface area contributed by atoms with Crippen molar-refractivity contribution >= 4 is 27.5 Å². The number of carbonyl (C=O) groups excluding carboxylic acids is 1. The van der Waals surface area contributed by atoms with Gasteiger partial charge in [-0.25, -0.2) is 8.42 Å². The van der Waals surface area contributed by atoms with Gasteiger partial charge < -0.3 is 10.2 Å². The molecule has 0 radical (unpaired) electrons. The van der Waals surface area contributed by atoms with Crippen LogP contribution < -0.4 is 5.32 Å². The molecule has 1 amide bonds. The molecule has 1 N–H and O–H groups in total. The average molecular weight is 450 g/mol. The Balaban J connectivity index is 1.66. The maximum Gasteiger partial charge on any atom is 0.253 e. The molecule has 0 bridgehead atoms. The molecule has 2 aromatic carbocycles. The lowest BCUT2D eigenvalue weighted by atomic mass is 10.1. The Kier molecular flexibility index (Phi) is 8.27. The SMILES string of the molecule is O=C(c1ccc(Cl)cc1)N(CCCc1ccccc1)CCS(=O)(=O)N1CCNCC1. The Hall–Kier alpha value is -1.93. The second-order valence-corrected chi connectivity index (χ2v) is 9.88. The first-order valence-electron chi connectivity index (χ1n) is 10.2. The molecule has 0 atom stereocenters. The molecule has 1 fully saturated rings. The zero-order chi connectivity index (χ0) is 21.4. The fraction of sp³-hybridized carbons (Fsp3) is 0.409. The molecule has 1 heterocycles. The summed E-state index contributed by atoms with van der Waals surface area (Å²) in [6.45, 7) is 2.92. The summed E-state index contributed by atoms with van der Waals surface area (Å²) in [6, 6.07) is 16.8. The number of hydrogen-bond donors (Lipinski definition) is 1. The highest BCUT2D eigenvalue weighted by molar-refractivity contribution is 7.89. The van der Waals surface area contributed by atoms with Crippen LogP contribution in [0.3, 0.4) is 0 Å². The van der Waals surface area contributed by atoms with Gasteiger partial charge in [0.1, 0.15) is 0 Å². The maximum absolute atomic E-state index is 13.1. The largest absolute Gasteiger partial charge is 0.338 e. The first kappa shape index (κ1) is 22.7. The van der Waals surface area contributed by atoms with Crippen LogP contribution in [0.25, 0.3) is 0 Å². The second-order valence-electron chi connectivity index (χ2n) is 7.35. The van der Waals surface area contributed by atoms with Crippen molar-refractivity contribution in [1.29, 1.82) is 0 Å². The number of benzene rings is 2. The quantitative estimate of drug-likeness (QED) is 0.639. The van der Waals surface area contributed by atoms with Crippen LogP contribution >= 0.6 is 11.6 Å². The number of sulfonamides is 1. The Bertz CT molecular complexity index is 914. The Morgan fingerprint density at radius 2 is 1.67 bits per heavy atom. The van der Waals surface area contributed by atoms with E-state index in [1.54, 1.807) is 29.2 Å². The van der Waals surface area contributed by atoms with Crippen molar-refractivity contribution in [3.63, 3.8) is 0 Å². The van der Waals surface area contributed by atoms with Crippen molar-refractivity contribution in [2.75, 3.05) is 45.0 Å². The molecule has 1 aliphatic rings. The number of aryl methyl sites for hydroxylation is 1. The van der Waals surface area contributed by atoms with Gasteiger partial charge in [-0.15, -0.1) is 0 Å². The molecule has 1 saturated heterocycles.